The molecule has 0 bridgehead atoms. The highest BCUT2D eigenvalue weighted by Gasteiger charge is 2.30. The van der Waals surface area contributed by atoms with E-state index in [2.05, 4.69) is 15.9 Å². The second-order valence-electron chi connectivity index (χ2n) is 4.09. The number of rotatable bonds is 2. The summed E-state index contributed by atoms with van der Waals surface area (Å²) in [7, 11) is 0. The first-order valence-corrected chi connectivity index (χ1v) is 5.63. The van der Waals surface area contributed by atoms with Crippen molar-refractivity contribution in [3.63, 3.8) is 0 Å². The minimum Gasteiger partial charge on any atom is -0.166 e. The molecule has 84 valence electrons. The third-order valence-corrected chi connectivity index (χ3v) is 3.73. The lowest BCUT2D eigenvalue weighted by molar-refractivity contribution is -0.137. The normalized spacial score (nSPS) is 12.9. The molecular weight excluding hydrogens is 269 g/mol. The van der Waals surface area contributed by atoms with Crippen molar-refractivity contribution in [1.29, 1.82) is 0 Å². The van der Waals surface area contributed by atoms with E-state index in [1.54, 1.807) is 0 Å². The van der Waals surface area contributed by atoms with Crippen LogP contribution in [0, 0.1) is 0 Å². The van der Waals surface area contributed by atoms with E-state index in [1.807, 2.05) is 13.8 Å². The van der Waals surface area contributed by atoms with Crippen LogP contribution in [0.5, 0.6) is 0 Å². The topological polar surface area (TPSA) is 0 Å². The van der Waals surface area contributed by atoms with E-state index >= 15 is 0 Å². The molecule has 1 aromatic rings. The summed E-state index contributed by atoms with van der Waals surface area (Å²) in [5.74, 6) is 0. The molecule has 0 atom stereocenters. The first-order chi connectivity index (χ1) is 6.77. The number of halogens is 4. The zero-order valence-electron chi connectivity index (χ0n) is 8.53. The maximum Gasteiger partial charge on any atom is 0.416 e. The summed E-state index contributed by atoms with van der Waals surface area (Å²) in [5, 5.41) is 0.714. The van der Waals surface area contributed by atoms with Crippen molar-refractivity contribution < 1.29 is 13.2 Å². The van der Waals surface area contributed by atoms with Crippen LogP contribution in [-0.2, 0) is 11.6 Å². The van der Waals surface area contributed by atoms with Gasteiger partial charge < -0.3 is 0 Å². The van der Waals surface area contributed by atoms with Gasteiger partial charge in [0.2, 0.25) is 0 Å². The molecule has 15 heavy (non-hydrogen) atoms. The average molecular weight is 281 g/mol. The summed E-state index contributed by atoms with van der Waals surface area (Å²) in [4.78, 5) is 0. The first-order valence-electron chi connectivity index (χ1n) is 4.51. The molecular formula is C11H12BrF3. The van der Waals surface area contributed by atoms with E-state index in [-0.39, 0.29) is 5.41 Å². The molecule has 0 spiro atoms. The lowest BCUT2D eigenvalue weighted by atomic mass is 9.86. The Balaban J connectivity index is 3.01. The Hall–Kier alpha value is -0.510. The highest BCUT2D eigenvalue weighted by molar-refractivity contribution is 9.09. The zero-order valence-corrected chi connectivity index (χ0v) is 10.1. The monoisotopic (exact) mass is 280 g/mol. The predicted octanol–water partition coefficient (Wildman–Crippen LogP) is 4.38. The van der Waals surface area contributed by atoms with Crippen molar-refractivity contribution >= 4 is 15.9 Å². The van der Waals surface area contributed by atoms with Crippen LogP contribution < -0.4 is 0 Å². The Labute approximate surface area is 95.6 Å². The molecule has 0 saturated carbocycles. The van der Waals surface area contributed by atoms with Crippen molar-refractivity contribution in [2.75, 3.05) is 5.33 Å². The minimum absolute atomic E-state index is 0.149. The van der Waals surface area contributed by atoms with Crippen LogP contribution >= 0.6 is 15.9 Å². The van der Waals surface area contributed by atoms with Gasteiger partial charge in [0.1, 0.15) is 0 Å². The van der Waals surface area contributed by atoms with Gasteiger partial charge in [-0.25, -0.2) is 0 Å². The molecule has 0 radical (unpaired) electrons. The van der Waals surface area contributed by atoms with E-state index in [1.165, 1.54) is 12.1 Å². The summed E-state index contributed by atoms with van der Waals surface area (Å²) < 4.78 is 36.9. The SMILES string of the molecule is CC(C)(CBr)c1ccc(C(F)(F)F)cc1. The highest BCUT2D eigenvalue weighted by atomic mass is 79.9. The van der Waals surface area contributed by atoms with Gasteiger partial charge in [-0.05, 0) is 23.1 Å². The van der Waals surface area contributed by atoms with Crippen LogP contribution in [0.25, 0.3) is 0 Å². The maximum atomic E-state index is 12.3. The third-order valence-electron chi connectivity index (χ3n) is 2.33. The molecule has 0 nitrogen and oxygen atoms in total. The lowest BCUT2D eigenvalue weighted by Crippen LogP contribution is -2.19. The van der Waals surface area contributed by atoms with Crippen molar-refractivity contribution in [3.05, 3.63) is 35.4 Å². The molecule has 0 aliphatic heterocycles. The van der Waals surface area contributed by atoms with E-state index < -0.39 is 11.7 Å². The van der Waals surface area contributed by atoms with Crippen LogP contribution in [-0.4, -0.2) is 5.33 Å². The van der Waals surface area contributed by atoms with Gasteiger partial charge in [0.05, 0.1) is 5.56 Å². The van der Waals surface area contributed by atoms with Gasteiger partial charge in [0.25, 0.3) is 0 Å². The van der Waals surface area contributed by atoms with Crippen molar-refractivity contribution in [2.24, 2.45) is 0 Å². The van der Waals surface area contributed by atoms with Crippen molar-refractivity contribution in [1.82, 2.24) is 0 Å². The van der Waals surface area contributed by atoms with Crippen LogP contribution in [0.2, 0.25) is 0 Å². The summed E-state index contributed by atoms with van der Waals surface area (Å²) in [6, 6.07) is 5.31. The quantitative estimate of drug-likeness (QED) is 0.706. The summed E-state index contributed by atoms with van der Waals surface area (Å²) in [6.45, 7) is 3.95. The van der Waals surface area contributed by atoms with Gasteiger partial charge in [0, 0.05) is 5.33 Å². The zero-order chi connectivity index (χ0) is 11.7. The molecule has 0 aliphatic rings. The highest BCUT2D eigenvalue weighted by Crippen LogP contribution is 2.31. The first kappa shape index (κ1) is 12.6. The van der Waals surface area contributed by atoms with E-state index in [9.17, 15) is 13.2 Å². The Bertz CT molecular complexity index is 325. The molecule has 0 heterocycles. The fourth-order valence-corrected chi connectivity index (χ4v) is 1.51. The number of benzene rings is 1. The molecule has 0 N–H and O–H groups in total. The Kier molecular flexibility index (Phi) is 3.48. The maximum absolute atomic E-state index is 12.3. The second kappa shape index (κ2) is 4.16. The molecule has 1 rings (SSSR count). The molecule has 0 fully saturated rings. The van der Waals surface area contributed by atoms with E-state index in [0.717, 1.165) is 17.7 Å². The van der Waals surface area contributed by atoms with E-state index in [0.29, 0.717) is 5.33 Å². The molecule has 0 saturated heterocycles. The van der Waals surface area contributed by atoms with Gasteiger partial charge in [-0.2, -0.15) is 13.2 Å². The van der Waals surface area contributed by atoms with E-state index in [4.69, 9.17) is 0 Å². The van der Waals surface area contributed by atoms with Gasteiger partial charge in [0.15, 0.2) is 0 Å². The number of hydrogen-bond acceptors (Lipinski definition) is 0. The minimum atomic E-state index is -4.25. The second-order valence-corrected chi connectivity index (χ2v) is 4.65. The number of alkyl halides is 4. The molecule has 4 heteroatoms. The summed E-state index contributed by atoms with van der Waals surface area (Å²) >= 11 is 3.34. The smallest absolute Gasteiger partial charge is 0.166 e. The van der Waals surface area contributed by atoms with Crippen LogP contribution in [0.15, 0.2) is 24.3 Å². The lowest BCUT2D eigenvalue weighted by Gasteiger charge is -2.22. The fourth-order valence-electron chi connectivity index (χ4n) is 1.19. The molecule has 0 unspecified atom stereocenters. The molecule has 1 aromatic carbocycles. The molecule has 0 amide bonds. The number of hydrogen-bond donors (Lipinski definition) is 0. The van der Waals surface area contributed by atoms with Gasteiger partial charge in [-0.3, -0.25) is 0 Å². The van der Waals surface area contributed by atoms with Gasteiger partial charge in [-0.15, -0.1) is 0 Å². The van der Waals surface area contributed by atoms with Crippen molar-refractivity contribution in [3.8, 4) is 0 Å². The molecule has 0 aromatic heterocycles. The van der Waals surface area contributed by atoms with Crippen molar-refractivity contribution in [2.45, 2.75) is 25.4 Å². The predicted molar refractivity (Wildman–Crippen MR) is 58.3 cm³/mol. The molecule has 0 aliphatic carbocycles. The van der Waals surface area contributed by atoms with Crippen LogP contribution in [0.4, 0.5) is 13.2 Å². The standard InChI is InChI=1S/C11H12BrF3/c1-10(2,7-12)8-3-5-9(6-4-8)11(13,14)15/h3-6H,7H2,1-2H3. The van der Waals surface area contributed by atoms with Gasteiger partial charge in [-0.1, -0.05) is 41.9 Å². The van der Waals surface area contributed by atoms with Gasteiger partial charge >= 0.3 is 6.18 Å². The Morgan fingerprint density at radius 2 is 1.40 bits per heavy atom. The average Bonchev–Trinajstić information content (AvgIpc) is 2.17. The third kappa shape index (κ3) is 2.97. The van der Waals surface area contributed by atoms with Crippen LogP contribution in [0.3, 0.4) is 0 Å². The largest absolute Gasteiger partial charge is 0.416 e. The Morgan fingerprint density at radius 1 is 1.00 bits per heavy atom. The summed E-state index contributed by atoms with van der Waals surface area (Å²) in [6.07, 6.45) is -4.25. The fraction of sp³-hybridized carbons (Fsp3) is 0.455. The Morgan fingerprint density at radius 3 is 1.73 bits per heavy atom. The summed E-state index contributed by atoms with van der Waals surface area (Å²) in [5.41, 5.74) is 0.147. The van der Waals surface area contributed by atoms with Crippen LogP contribution in [0.1, 0.15) is 25.0 Å².